The van der Waals surface area contributed by atoms with Crippen molar-refractivity contribution < 1.29 is 17.9 Å². The molecule has 0 radical (unpaired) electrons. The Balaban J connectivity index is 1.63. The van der Waals surface area contributed by atoms with Gasteiger partial charge in [-0.1, -0.05) is 36.7 Å². The van der Waals surface area contributed by atoms with Gasteiger partial charge in [0.2, 0.25) is 10.0 Å². The number of amides is 1. The van der Waals surface area contributed by atoms with Gasteiger partial charge in [0.15, 0.2) is 6.10 Å². The summed E-state index contributed by atoms with van der Waals surface area (Å²) in [5.41, 5.74) is 0.881. The Morgan fingerprint density at radius 1 is 1.10 bits per heavy atom. The Bertz CT molecular complexity index is 958. The molecule has 1 aliphatic rings. The van der Waals surface area contributed by atoms with E-state index in [0.29, 0.717) is 30.3 Å². The number of piperazine rings is 1. The predicted octanol–water partition coefficient (Wildman–Crippen LogP) is 3.34. The molecule has 1 heterocycles. The Hall–Kier alpha value is -2.09. The van der Waals surface area contributed by atoms with E-state index in [-0.39, 0.29) is 23.9 Å². The highest BCUT2D eigenvalue weighted by Crippen LogP contribution is 2.23. The third kappa shape index (κ3) is 4.91. The van der Waals surface area contributed by atoms with Crippen molar-refractivity contribution in [2.75, 3.05) is 26.2 Å². The lowest BCUT2D eigenvalue weighted by Crippen LogP contribution is -2.53. The first-order valence-electron chi connectivity index (χ1n) is 9.59. The molecule has 0 bridgehead atoms. The number of sulfonamides is 1. The minimum Gasteiger partial charge on any atom is -0.481 e. The van der Waals surface area contributed by atoms with Gasteiger partial charge in [-0.2, -0.15) is 4.31 Å². The van der Waals surface area contributed by atoms with Crippen LogP contribution in [0, 0.1) is 6.92 Å². The fourth-order valence-electron chi connectivity index (χ4n) is 3.26. The zero-order valence-electron chi connectivity index (χ0n) is 16.5. The first kappa shape index (κ1) is 21.6. The molecule has 1 amide bonds. The van der Waals surface area contributed by atoms with Gasteiger partial charge in [0.05, 0.1) is 4.90 Å². The van der Waals surface area contributed by atoms with Crippen LogP contribution in [-0.4, -0.2) is 55.8 Å². The highest BCUT2D eigenvalue weighted by Gasteiger charge is 2.32. The van der Waals surface area contributed by atoms with Gasteiger partial charge in [0.25, 0.3) is 5.91 Å². The zero-order chi connectivity index (χ0) is 21.0. The second kappa shape index (κ2) is 9.15. The maximum absolute atomic E-state index is 12.9. The summed E-state index contributed by atoms with van der Waals surface area (Å²) in [6.45, 7) is 4.97. The van der Waals surface area contributed by atoms with Crippen LogP contribution in [0.5, 0.6) is 5.75 Å². The van der Waals surface area contributed by atoms with Crippen LogP contribution in [-0.2, 0) is 14.8 Å². The Kier molecular flexibility index (Phi) is 6.82. The Morgan fingerprint density at radius 2 is 1.76 bits per heavy atom. The second-order valence-electron chi connectivity index (χ2n) is 6.97. The number of nitrogens with zero attached hydrogens (tertiary/aromatic N) is 2. The van der Waals surface area contributed by atoms with Gasteiger partial charge in [-0.15, -0.1) is 0 Å². The quantitative estimate of drug-likeness (QED) is 0.696. The van der Waals surface area contributed by atoms with Crippen LogP contribution in [0.4, 0.5) is 0 Å². The molecule has 0 spiro atoms. The number of hydrogen-bond acceptors (Lipinski definition) is 4. The summed E-state index contributed by atoms with van der Waals surface area (Å²) in [7, 11) is -3.54. The third-order valence-corrected chi connectivity index (χ3v) is 7.32. The molecule has 6 nitrogen and oxygen atoms in total. The summed E-state index contributed by atoms with van der Waals surface area (Å²) in [4.78, 5) is 14.9. The van der Waals surface area contributed by atoms with Gasteiger partial charge in [0.1, 0.15) is 5.75 Å². The molecular weight excluding hydrogens is 412 g/mol. The van der Waals surface area contributed by atoms with Gasteiger partial charge in [0, 0.05) is 31.2 Å². The molecule has 1 unspecified atom stereocenters. The molecule has 2 aromatic rings. The Labute approximate surface area is 177 Å². The lowest BCUT2D eigenvalue weighted by molar-refractivity contribution is -0.140. The predicted molar refractivity (Wildman–Crippen MR) is 113 cm³/mol. The maximum atomic E-state index is 12.9. The molecule has 3 rings (SSSR count). The van der Waals surface area contributed by atoms with Crippen molar-refractivity contribution in [1.29, 1.82) is 0 Å². The molecule has 156 valence electrons. The van der Waals surface area contributed by atoms with Crippen LogP contribution < -0.4 is 4.74 Å². The number of carbonyl (C=O) groups excluding carboxylic acids is 1. The summed E-state index contributed by atoms with van der Waals surface area (Å²) in [6, 6.07) is 13.7. The summed E-state index contributed by atoms with van der Waals surface area (Å²) >= 11 is 6.05. The minimum absolute atomic E-state index is 0.128. The van der Waals surface area contributed by atoms with Crippen molar-refractivity contribution in [2.24, 2.45) is 0 Å². The number of benzene rings is 2. The lowest BCUT2D eigenvalue weighted by Gasteiger charge is -2.35. The SMILES string of the molecule is CCC(Oc1ccc(Cl)c(C)c1)C(=O)N1CCN(S(=O)(=O)c2ccccc2)CC1. The molecule has 0 saturated carbocycles. The van der Waals surface area contributed by atoms with Crippen LogP contribution >= 0.6 is 11.6 Å². The monoisotopic (exact) mass is 436 g/mol. The number of rotatable bonds is 6. The van der Waals surface area contributed by atoms with Gasteiger partial charge in [-0.25, -0.2) is 8.42 Å². The van der Waals surface area contributed by atoms with Crippen LogP contribution in [0.25, 0.3) is 0 Å². The molecule has 8 heteroatoms. The summed E-state index contributed by atoms with van der Waals surface area (Å²) in [6.07, 6.45) is -0.101. The van der Waals surface area contributed by atoms with Crippen LogP contribution in [0.2, 0.25) is 5.02 Å². The van der Waals surface area contributed by atoms with Gasteiger partial charge >= 0.3 is 0 Å². The van der Waals surface area contributed by atoms with E-state index in [1.54, 1.807) is 47.4 Å². The normalized spacial score (nSPS) is 16.4. The average Bonchev–Trinajstić information content (AvgIpc) is 2.74. The molecule has 0 aromatic heterocycles. The van der Waals surface area contributed by atoms with E-state index < -0.39 is 16.1 Å². The van der Waals surface area contributed by atoms with E-state index in [9.17, 15) is 13.2 Å². The van der Waals surface area contributed by atoms with Crippen molar-refractivity contribution in [2.45, 2.75) is 31.3 Å². The fourth-order valence-corrected chi connectivity index (χ4v) is 4.82. The summed E-state index contributed by atoms with van der Waals surface area (Å²) in [5, 5.41) is 0.646. The van der Waals surface area contributed by atoms with E-state index in [0.717, 1.165) is 5.56 Å². The molecule has 1 aliphatic heterocycles. The van der Waals surface area contributed by atoms with Gasteiger partial charge < -0.3 is 9.64 Å². The van der Waals surface area contributed by atoms with Crippen LogP contribution in [0.15, 0.2) is 53.4 Å². The summed E-state index contributed by atoms with van der Waals surface area (Å²) in [5.74, 6) is 0.467. The van der Waals surface area contributed by atoms with E-state index in [1.165, 1.54) is 4.31 Å². The van der Waals surface area contributed by atoms with Crippen LogP contribution in [0.3, 0.4) is 0 Å². The van der Waals surface area contributed by atoms with Crippen molar-refractivity contribution in [1.82, 2.24) is 9.21 Å². The van der Waals surface area contributed by atoms with E-state index in [1.807, 2.05) is 19.9 Å². The first-order valence-corrected chi connectivity index (χ1v) is 11.4. The molecule has 0 N–H and O–H groups in total. The molecular formula is C21H25ClN2O4S. The minimum atomic E-state index is -3.54. The fraction of sp³-hybridized carbons (Fsp3) is 0.381. The Morgan fingerprint density at radius 3 is 2.34 bits per heavy atom. The lowest BCUT2D eigenvalue weighted by atomic mass is 10.2. The smallest absolute Gasteiger partial charge is 0.263 e. The molecule has 1 atom stereocenters. The molecule has 2 aromatic carbocycles. The second-order valence-corrected chi connectivity index (χ2v) is 9.31. The summed E-state index contributed by atoms with van der Waals surface area (Å²) < 4.78 is 32.8. The average molecular weight is 437 g/mol. The number of hydrogen-bond donors (Lipinski definition) is 0. The number of ether oxygens (including phenoxy) is 1. The largest absolute Gasteiger partial charge is 0.481 e. The zero-order valence-corrected chi connectivity index (χ0v) is 18.1. The van der Waals surface area contributed by atoms with Crippen molar-refractivity contribution in [3.8, 4) is 5.75 Å². The van der Waals surface area contributed by atoms with Crippen molar-refractivity contribution >= 4 is 27.5 Å². The maximum Gasteiger partial charge on any atom is 0.263 e. The first-order chi connectivity index (χ1) is 13.8. The highest BCUT2D eigenvalue weighted by molar-refractivity contribution is 7.89. The number of aryl methyl sites for hydroxylation is 1. The topological polar surface area (TPSA) is 66.9 Å². The third-order valence-electron chi connectivity index (χ3n) is 4.99. The molecule has 1 saturated heterocycles. The van der Waals surface area contributed by atoms with Crippen LogP contribution in [0.1, 0.15) is 18.9 Å². The standard InChI is InChI=1S/C21H25ClN2O4S/c1-3-20(28-17-9-10-19(22)16(2)15-17)21(25)23-11-13-24(14-12-23)29(26,27)18-7-5-4-6-8-18/h4-10,15,20H,3,11-14H2,1-2H3. The van der Waals surface area contributed by atoms with Crippen molar-refractivity contribution in [3.05, 3.63) is 59.1 Å². The van der Waals surface area contributed by atoms with E-state index in [4.69, 9.17) is 16.3 Å². The van der Waals surface area contributed by atoms with E-state index in [2.05, 4.69) is 0 Å². The van der Waals surface area contributed by atoms with Crippen molar-refractivity contribution in [3.63, 3.8) is 0 Å². The van der Waals surface area contributed by atoms with E-state index >= 15 is 0 Å². The molecule has 29 heavy (non-hydrogen) atoms. The molecule has 0 aliphatic carbocycles. The van der Waals surface area contributed by atoms with Gasteiger partial charge in [-0.05, 0) is 49.2 Å². The number of halogens is 1. The number of carbonyl (C=O) groups is 1. The molecule has 1 fully saturated rings. The van der Waals surface area contributed by atoms with Gasteiger partial charge in [-0.3, -0.25) is 4.79 Å². The highest BCUT2D eigenvalue weighted by atomic mass is 35.5.